The summed E-state index contributed by atoms with van der Waals surface area (Å²) in [6.45, 7) is 14.1. The quantitative estimate of drug-likeness (QED) is 0.126. The summed E-state index contributed by atoms with van der Waals surface area (Å²) in [7, 11) is -2.06. The number of hydrogen-bond donors (Lipinski definition) is 4. The molecule has 12 heteroatoms. The molecule has 0 amide bonds. The highest BCUT2D eigenvalue weighted by Crippen LogP contribution is 2.41. The van der Waals surface area contributed by atoms with Crippen molar-refractivity contribution < 1.29 is 32.2 Å². The van der Waals surface area contributed by atoms with Crippen LogP contribution in [0.3, 0.4) is 0 Å². The van der Waals surface area contributed by atoms with Crippen LogP contribution in [0.15, 0.2) is 59.4 Å². The standard InChI is InChI=1S/C29H43N3O3Si.C2HF3O2/c1-29(2,3)36(4,5)35-26(20-31-19-11-7-10-18-30)23-14-16-25(28-24(23)15-17-27(33)32-28)34-21-22-12-8-6-9-13-22;3-2(4,5)1(6)7/h6,8-9,12-17,26,31H,7,10-11,18-21,30H2,1-5H3,(H,32,33);(H,6,7)/t26-;/m0./s1. The number of fused-ring (bicyclic) bond motifs is 1. The maximum atomic E-state index is 12.3. The molecule has 1 aromatic heterocycles. The second kappa shape index (κ2) is 16.0. The molecule has 8 nitrogen and oxygen atoms in total. The van der Waals surface area contributed by atoms with Gasteiger partial charge >= 0.3 is 12.1 Å². The molecule has 0 saturated heterocycles. The minimum absolute atomic E-state index is 0.0786. The van der Waals surface area contributed by atoms with Crippen LogP contribution in [0, 0.1) is 0 Å². The number of benzene rings is 2. The molecule has 43 heavy (non-hydrogen) atoms. The second-order valence-corrected chi connectivity index (χ2v) is 16.5. The summed E-state index contributed by atoms with van der Waals surface area (Å²) in [5, 5.41) is 11.8. The van der Waals surface area contributed by atoms with Crippen molar-refractivity contribution in [3.05, 3.63) is 76.1 Å². The second-order valence-electron chi connectivity index (χ2n) is 11.8. The van der Waals surface area contributed by atoms with E-state index in [1.807, 2.05) is 42.5 Å². The summed E-state index contributed by atoms with van der Waals surface area (Å²) in [5.41, 5.74) is 8.34. The lowest BCUT2D eigenvalue weighted by Gasteiger charge is -2.39. The van der Waals surface area contributed by atoms with Gasteiger partial charge in [-0.3, -0.25) is 4.79 Å². The number of aromatic nitrogens is 1. The average Bonchev–Trinajstić information content (AvgIpc) is 2.92. The number of hydrogen-bond acceptors (Lipinski definition) is 6. The number of nitrogens with one attached hydrogen (secondary N) is 2. The van der Waals surface area contributed by atoms with Gasteiger partial charge in [0.2, 0.25) is 5.56 Å². The van der Waals surface area contributed by atoms with Crippen LogP contribution in [-0.2, 0) is 15.8 Å². The number of nitrogens with two attached hydrogens (primary N) is 1. The number of alkyl halides is 3. The zero-order valence-corrected chi connectivity index (χ0v) is 26.5. The van der Waals surface area contributed by atoms with E-state index in [1.54, 1.807) is 6.07 Å². The molecule has 5 N–H and O–H groups in total. The molecule has 1 atom stereocenters. The van der Waals surface area contributed by atoms with Gasteiger partial charge in [0.15, 0.2) is 8.32 Å². The van der Waals surface area contributed by atoms with Gasteiger partial charge in [0.25, 0.3) is 0 Å². The fourth-order valence-corrected chi connectivity index (χ4v) is 5.21. The van der Waals surface area contributed by atoms with Gasteiger partial charge in [0, 0.05) is 18.0 Å². The minimum Gasteiger partial charge on any atom is -0.487 e. The zero-order valence-electron chi connectivity index (χ0n) is 25.5. The van der Waals surface area contributed by atoms with E-state index < -0.39 is 20.5 Å². The summed E-state index contributed by atoms with van der Waals surface area (Å²) in [4.78, 5) is 24.2. The number of carbonyl (C=O) groups is 1. The maximum absolute atomic E-state index is 12.3. The SMILES string of the molecule is CC(C)(C)[Si](C)(C)O[C@@H](CNCCCCCN)c1ccc(OCc2ccccc2)c2[nH]c(=O)ccc12.O=C(O)C(F)(F)F. The van der Waals surface area contributed by atoms with Crippen molar-refractivity contribution in [3.63, 3.8) is 0 Å². The molecule has 0 radical (unpaired) electrons. The lowest BCUT2D eigenvalue weighted by atomic mass is 10.0. The van der Waals surface area contributed by atoms with Crippen molar-refractivity contribution in [1.82, 2.24) is 10.3 Å². The first-order valence-electron chi connectivity index (χ1n) is 14.3. The summed E-state index contributed by atoms with van der Waals surface area (Å²) in [6.07, 6.45) is -1.97. The smallest absolute Gasteiger partial charge is 0.487 e. The third-order valence-electron chi connectivity index (χ3n) is 7.35. The van der Waals surface area contributed by atoms with E-state index in [9.17, 15) is 18.0 Å². The number of rotatable bonds is 13. The van der Waals surface area contributed by atoms with Gasteiger partial charge in [-0.05, 0) is 67.3 Å². The Labute approximate surface area is 251 Å². The van der Waals surface area contributed by atoms with E-state index >= 15 is 0 Å². The predicted molar refractivity (Wildman–Crippen MR) is 166 cm³/mol. The Balaban J connectivity index is 0.000000821. The monoisotopic (exact) mass is 623 g/mol. The van der Waals surface area contributed by atoms with Gasteiger partial charge in [-0.25, -0.2) is 4.79 Å². The van der Waals surface area contributed by atoms with Crippen LogP contribution < -0.4 is 21.3 Å². The van der Waals surface area contributed by atoms with Gasteiger partial charge in [0.1, 0.15) is 12.4 Å². The van der Waals surface area contributed by atoms with Crippen LogP contribution in [0.5, 0.6) is 5.75 Å². The van der Waals surface area contributed by atoms with Crippen LogP contribution in [0.25, 0.3) is 10.9 Å². The molecule has 0 aliphatic carbocycles. The number of H-pyrrole nitrogens is 1. The number of aromatic amines is 1. The van der Waals surface area contributed by atoms with Crippen molar-refractivity contribution in [3.8, 4) is 5.75 Å². The van der Waals surface area contributed by atoms with E-state index in [-0.39, 0.29) is 16.7 Å². The Hall–Kier alpha value is -3.19. The number of pyridine rings is 1. The van der Waals surface area contributed by atoms with E-state index in [2.05, 4.69) is 50.2 Å². The first-order valence-corrected chi connectivity index (χ1v) is 17.2. The van der Waals surface area contributed by atoms with Crippen LogP contribution in [0.1, 0.15) is 57.3 Å². The Morgan fingerprint density at radius 2 is 1.67 bits per heavy atom. The van der Waals surface area contributed by atoms with Crippen molar-refractivity contribution in [2.24, 2.45) is 5.73 Å². The van der Waals surface area contributed by atoms with Crippen LogP contribution in [0.4, 0.5) is 13.2 Å². The third-order valence-corrected chi connectivity index (χ3v) is 11.8. The lowest BCUT2D eigenvalue weighted by Crippen LogP contribution is -2.43. The number of unbranched alkanes of at least 4 members (excludes halogenated alkanes) is 2. The van der Waals surface area contributed by atoms with Gasteiger partial charge in [-0.2, -0.15) is 13.2 Å². The maximum Gasteiger partial charge on any atom is 0.490 e. The fourth-order valence-electron chi connectivity index (χ4n) is 3.94. The normalized spacial score (nSPS) is 12.9. The first-order chi connectivity index (χ1) is 20.1. The summed E-state index contributed by atoms with van der Waals surface area (Å²) < 4.78 is 44.8. The molecule has 0 aliphatic heterocycles. The highest BCUT2D eigenvalue weighted by Gasteiger charge is 2.40. The molecule has 0 fully saturated rings. The van der Waals surface area contributed by atoms with Crippen molar-refractivity contribution in [2.45, 2.75) is 77.1 Å². The van der Waals surface area contributed by atoms with E-state index in [0.29, 0.717) is 24.4 Å². The van der Waals surface area contributed by atoms with Gasteiger partial charge < -0.3 is 30.3 Å². The summed E-state index contributed by atoms with van der Waals surface area (Å²) >= 11 is 0. The average molecular weight is 624 g/mol. The summed E-state index contributed by atoms with van der Waals surface area (Å²) in [5.74, 6) is -2.09. The zero-order chi connectivity index (χ0) is 32.3. The third kappa shape index (κ3) is 11.4. The van der Waals surface area contributed by atoms with E-state index in [1.165, 1.54) is 0 Å². The molecule has 2 aromatic carbocycles. The molecule has 3 rings (SSSR count). The highest BCUT2D eigenvalue weighted by molar-refractivity contribution is 6.74. The molecular weight excluding hydrogens is 579 g/mol. The van der Waals surface area contributed by atoms with Crippen LogP contribution in [-0.4, -0.2) is 50.2 Å². The van der Waals surface area contributed by atoms with Gasteiger partial charge in [0.05, 0.1) is 11.6 Å². The Morgan fingerprint density at radius 3 is 2.26 bits per heavy atom. The molecule has 0 aliphatic rings. The molecule has 238 valence electrons. The van der Waals surface area contributed by atoms with Crippen molar-refractivity contribution in [1.29, 1.82) is 0 Å². The molecule has 0 spiro atoms. The van der Waals surface area contributed by atoms with Gasteiger partial charge in [-0.15, -0.1) is 0 Å². The van der Waals surface area contributed by atoms with Crippen molar-refractivity contribution in [2.75, 3.05) is 19.6 Å². The van der Waals surface area contributed by atoms with E-state index in [4.69, 9.17) is 24.8 Å². The largest absolute Gasteiger partial charge is 0.490 e. The van der Waals surface area contributed by atoms with Crippen LogP contribution >= 0.6 is 0 Å². The minimum atomic E-state index is -5.08. The van der Waals surface area contributed by atoms with Crippen molar-refractivity contribution >= 4 is 25.2 Å². The number of carboxylic acids is 1. The number of ether oxygens (including phenoxy) is 1. The molecule has 0 unspecified atom stereocenters. The summed E-state index contributed by atoms with van der Waals surface area (Å²) in [6, 6.07) is 17.6. The van der Waals surface area contributed by atoms with Crippen LogP contribution in [0.2, 0.25) is 18.1 Å². The van der Waals surface area contributed by atoms with Gasteiger partial charge in [-0.1, -0.05) is 63.6 Å². The molecule has 0 bridgehead atoms. The fraction of sp³-hybridized carbons (Fsp3) is 0.484. The number of halogens is 3. The topological polar surface area (TPSA) is 127 Å². The van der Waals surface area contributed by atoms with E-state index in [0.717, 1.165) is 48.9 Å². The Morgan fingerprint density at radius 1 is 1.02 bits per heavy atom. The Kier molecular flexibility index (Phi) is 13.4. The first kappa shape index (κ1) is 36.0. The Bertz CT molecular complexity index is 1360. The molecule has 1 heterocycles. The lowest BCUT2D eigenvalue weighted by molar-refractivity contribution is -0.192. The molecule has 3 aromatic rings. The molecular formula is C31H44F3N3O5Si. The highest BCUT2D eigenvalue weighted by atomic mass is 28.4. The molecule has 0 saturated carbocycles. The number of carboxylic acid groups (broad SMARTS) is 1. The number of aliphatic carboxylic acids is 1. The predicted octanol–water partition coefficient (Wildman–Crippen LogP) is 6.52.